The zero-order chi connectivity index (χ0) is 20.8. The third-order valence-corrected chi connectivity index (χ3v) is 8.13. The molecule has 0 unspecified atom stereocenters. The van der Waals surface area contributed by atoms with Crippen LogP contribution in [-0.4, -0.2) is 18.9 Å². The number of aromatic nitrogens is 4. The van der Waals surface area contributed by atoms with E-state index in [1.54, 1.807) is 26.4 Å². The van der Waals surface area contributed by atoms with E-state index in [4.69, 9.17) is 9.97 Å². The van der Waals surface area contributed by atoms with E-state index in [9.17, 15) is 9.59 Å². The van der Waals surface area contributed by atoms with Crippen LogP contribution < -0.4 is 11.1 Å². The van der Waals surface area contributed by atoms with Gasteiger partial charge in [0.15, 0.2) is 10.1 Å². The number of fused-ring (bicyclic) bond motifs is 4. The van der Waals surface area contributed by atoms with Gasteiger partial charge in [0.05, 0.1) is 21.3 Å². The second-order valence-electron chi connectivity index (χ2n) is 6.79. The van der Waals surface area contributed by atoms with Crippen molar-refractivity contribution in [2.24, 2.45) is 0 Å². The molecule has 6 nitrogen and oxygen atoms in total. The number of thiazole rings is 1. The van der Waals surface area contributed by atoms with Crippen LogP contribution in [0.4, 0.5) is 0 Å². The van der Waals surface area contributed by atoms with Crippen molar-refractivity contribution in [2.45, 2.75) is 37.7 Å². The highest BCUT2D eigenvalue weighted by Gasteiger charge is 2.15. The Bertz CT molecular complexity index is 1530. The fraction of sp³-hybridized carbons (Fsp3) is 0.238. The zero-order valence-electron chi connectivity index (χ0n) is 16.4. The van der Waals surface area contributed by atoms with E-state index < -0.39 is 0 Å². The van der Waals surface area contributed by atoms with Gasteiger partial charge in [-0.2, -0.15) is 0 Å². The Morgan fingerprint density at radius 3 is 2.70 bits per heavy atom. The van der Waals surface area contributed by atoms with E-state index in [1.165, 1.54) is 23.1 Å². The van der Waals surface area contributed by atoms with Crippen LogP contribution in [0.2, 0.25) is 0 Å². The van der Waals surface area contributed by atoms with E-state index in [0.717, 1.165) is 26.3 Å². The fourth-order valence-electron chi connectivity index (χ4n) is 3.45. The van der Waals surface area contributed by atoms with Crippen LogP contribution in [0.5, 0.6) is 0 Å². The summed E-state index contributed by atoms with van der Waals surface area (Å²) in [5.74, 6) is 0.476. The molecule has 0 amide bonds. The van der Waals surface area contributed by atoms with Crippen molar-refractivity contribution >= 4 is 59.8 Å². The highest BCUT2D eigenvalue weighted by molar-refractivity contribution is 7.98. The lowest BCUT2D eigenvalue weighted by molar-refractivity contribution is 0.635. The van der Waals surface area contributed by atoms with E-state index in [1.807, 2.05) is 37.3 Å². The monoisotopic (exact) mass is 454 g/mol. The molecule has 4 aromatic heterocycles. The first kappa shape index (κ1) is 19.5. The largest absolute Gasteiger partial charge is 0.287 e. The highest BCUT2D eigenvalue weighted by Crippen LogP contribution is 2.27. The van der Waals surface area contributed by atoms with E-state index in [2.05, 4.69) is 6.92 Å². The van der Waals surface area contributed by atoms with E-state index in [-0.39, 0.29) is 11.1 Å². The number of para-hydroxylation sites is 1. The molecular formula is C21H18N4O2S3. The number of thioether (sulfide) groups is 1. The molecule has 152 valence electrons. The zero-order valence-corrected chi connectivity index (χ0v) is 18.9. The van der Waals surface area contributed by atoms with Gasteiger partial charge in [0, 0.05) is 23.2 Å². The number of hydrogen-bond donors (Lipinski definition) is 0. The summed E-state index contributed by atoms with van der Waals surface area (Å²) in [7, 11) is 0. The van der Waals surface area contributed by atoms with Crippen LogP contribution in [0.1, 0.15) is 24.4 Å². The van der Waals surface area contributed by atoms with Crippen molar-refractivity contribution in [3.8, 4) is 0 Å². The van der Waals surface area contributed by atoms with Crippen LogP contribution in [0.3, 0.4) is 0 Å². The molecule has 0 radical (unpaired) electrons. The molecule has 5 aromatic rings. The summed E-state index contributed by atoms with van der Waals surface area (Å²) in [6.07, 6.45) is 0.887. The van der Waals surface area contributed by atoms with Gasteiger partial charge in [0.2, 0.25) is 0 Å². The summed E-state index contributed by atoms with van der Waals surface area (Å²) in [6.45, 7) is 4.57. The van der Waals surface area contributed by atoms with Crippen molar-refractivity contribution in [1.82, 2.24) is 18.9 Å². The maximum absolute atomic E-state index is 12.9. The summed E-state index contributed by atoms with van der Waals surface area (Å²) in [5.41, 5.74) is 1.48. The lowest BCUT2D eigenvalue weighted by atomic mass is 10.3. The Labute approximate surface area is 183 Å². The summed E-state index contributed by atoms with van der Waals surface area (Å²) < 4.78 is 4.38. The SMILES string of the molecule is CCc1cc2c(=O)n(CC)c(SCc3cc(=O)n4c(n3)sc3ccccc34)nc2s1. The van der Waals surface area contributed by atoms with Crippen molar-refractivity contribution in [2.75, 3.05) is 0 Å². The second-order valence-corrected chi connectivity index (χ2v) is 9.86. The minimum absolute atomic E-state index is 0.00561. The predicted molar refractivity (Wildman–Crippen MR) is 125 cm³/mol. The highest BCUT2D eigenvalue weighted by atomic mass is 32.2. The second kappa shape index (κ2) is 7.64. The molecule has 0 spiro atoms. The van der Waals surface area contributed by atoms with Gasteiger partial charge < -0.3 is 0 Å². The molecular weight excluding hydrogens is 436 g/mol. The lowest BCUT2D eigenvalue weighted by Crippen LogP contribution is -2.21. The van der Waals surface area contributed by atoms with Gasteiger partial charge in [-0.05, 0) is 31.5 Å². The molecule has 0 bridgehead atoms. The quantitative estimate of drug-likeness (QED) is 0.288. The lowest BCUT2D eigenvalue weighted by Gasteiger charge is -2.09. The first-order valence-electron chi connectivity index (χ1n) is 9.65. The topological polar surface area (TPSA) is 69.3 Å². The summed E-state index contributed by atoms with van der Waals surface area (Å²) in [5, 5.41) is 1.35. The van der Waals surface area contributed by atoms with Crippen LogP contribution in [-0.2, 0) is 18.7 Å². The summed E-state index contributed by atoms with van der Waals surface area (Å²) in [6, 6.07) is 11.3. The van der Waals surface area contributed by atoms with Gasteiger partial charge in [-0.3, -0.25) is 18.6 Å². The Kier molecular flexibility index (Phi) is 4.96. The molecule has 0 fully saturated rings. The Morgan fingerprint density at radius 1 is 1.07 bits per heavy atom. The molecule has 4 heterocycles. The van der Waals surface area contributed by atoms with Gasteiger partial charge in [-0.1, -0.05) is 42.2 Å². The molecule has 0 N–H and O–H groups in total. The Hall–Kier alpha value is -2.49. The molecule has 0 atom stereocenters. The molecule has 30 heavy (non-hydrogen) atoms. The van der Waals surface area contributed by atoms with Gasteiger partial charge in [-0.25, -0.2) is 9.97 Å². The molecule has 5 rings (SSSR count). The molecule has 1 aromatic carbocycles. The van der Waals surface area contributed by atoms with Gasteiger partial charge in [0.1, 0.15) is 4.83 Å². The molecule has 9 heteroatoms. The average Bonchev–Trinajstić information content (AvgIpc) is 3.33. The van der Waals surface area contributed by atoms with Crippen LogP contribution in [0.15, 0.2) is 51.1 Å². The minimum atomic E-state index is -0.0878. The third kappa shape index (κ3) is 3.17. The third-order valence-electron chi connectivity index (χ3n) is 4.93. The van der Waals surface area contributed by atoms with E-state index in [0.29, 0.717) is 33.5 Å². The van der Waals surface area contributed by atoms with E-state index >= 15 is 0 Å². The van der Waals surface area contributed by atoms with Crippen LogP contribution >= 0.6 is 34.4 Å². The van der Waals surface area contributed by atoms with Gasteiger partial charge >= 0.3 is 0 Å². The predicted octanol–water partition coefficient (Wildman–Crippen LogP) is 4.56. The molecule has 0 aliphatic rings. The van der Waals surface area contributed by atoms with Crippen molar-refractivity contribution in [3.63, 3.8) is 0 Å². The van der Waals surface area contributed by atoms with Crippen LogP contribution in [0.25, 0.3) is 25.4 Å². The Morgan fingerprint density at radius 2 is 1.90 bits per heavy atom. The van der Waals surface area contributed by atoms with Crippen molar-refractivity contribution < 1.29 is 0 Å². The standard InChI is InChI=1S/C21H18N4O2S3/c1-3-13-10-14-18(29-13)23-20(24(4-2)19(14)27)28-11-12-9-17(26)25-15-7-5-6-8-16(15)30-21(25)22-12/h5-10H,3-4,11H2,1-2H3. The number of hydrogen-bond acceptors (Lipinski definition) is 7. The molecule has 0 saturated heterocycles. The number of aryl methyl sites for hydroxylation is 1. The molecule has 0 aliphatic carbocycles. The number of benzene rings is 1. The first-order valence-corrected chi connectivity index (χ1v) is 12.3. The van der Waals surface area contributed by atoms with Gasteiger partial charge in [0.25, 0.3) is 11.1 Å². The normalized spacial score (nSPS) is 11.8. The average molecular weight is 455 g/mol. The number of thiophene rings is 1. The van der Waals surface area contributed by atoms with Crippen LogP contribution in [0, 0.1) is 0 Å². The maximum Gasteiger partial charge on any atom is 0.262 e. The first-order chi connectivity index (χ1) is 14.6. The fourth-order valence-corrected chi connectivity index (χ4v) is 6.46. The van der Waals surface area contributed by atoms with Gasteiger partial charge in [-0.15, -0.1) is 11.3 Å². The number of nitrogens with zero attached hydrogens (tertiary/aromatic N) is 4. The van der Waals surface area contributed by atoms with Crippen molar-refractivity contribution in [1.29, 1.82) is 0 Å². The summed E-state index contributed by atoms with van der Waals surface area (Å²) in [4.78, 5) is 37.7. The summed E-state index contributed by atoms with van der Waals surface area (Å²) >= 11 is 4.52. The smallest absolute Gasteiger partial charge is 0.262 e. The van der Waals surface area contributed by atoms with Crippen molar-refractivity contribution in [3.05, 3.63) is 67.7 Å². The number of rotatable bonds is 5. The molecule has 0 saturated carbocycles. The maximum atomic E-state index is 12.9. The molecule has 0 aliphatic heterocycles. The Balaban J connectivity index is 1.53. The minimum Gasteiger partial charge on any atom is -0.287 e.